The van der Waals surface area contributed by atoms with Gasteiger partial charge in [-0.2, -0.15) is 0 Å². The van der Waals surface area contributed by atoms with Crippen LogP contribution in [0.3, 0.4) is 0 Å². The molecule has 0 bridgehead atoms. The summed E-state index contributed by atoms with van der Waals surface area (Å²) in [6.45, 7) is 1.70. The van der Waals surface area contributed by atoms with Gasteiger partial charge in [0.15, 0.2) is 0 Å². The Balaban J connectivity index is 1.53. The zero-order valence-electron chi connectivity index (χ0n) is 18.1. The van der Waals surface area contributed by atoms with Gasteiger partial charge in [0.2, 0.25) is 5.91 Å². The number of benzene rings is 2. The summed E-state index contributed by atoms with van der Waals surface area (Å²) in [5.41, 5.74) is 7.00. The normalized spacial score (nSPS) is 14.6. The molecule has 1 aliphatic heterocycles. The van der Waals surface area contributed by atoms with Crippen LogP contribution in [0, 0.1) is 0 Å². The number of hydrogen-bond acceptors (Lipinski definition) is 5. The van der Waals surface area contributed by atoms with E-state index in [-0.39, 0.29) is 30.2 Å². The van der Waals surface area contributed by atoms with Crippen LogP contribution in [-0.4, -0.2) is 47.3 Å². The Morgan fingerprint density at radius 3 is 2.58 bits per heavy atom. The minimum absolute atomic E-state index is 0.0174. The topological polar surface area (TPSA) is 138 Å². The van der Waals surface area contributed by atoms with Gasteiger partial charge >= 0.3 is 12.1 Å². The SMILES string of the molecule is C[C@H](NC(=O)Nc1cc(C(N)=O)ccc1CN1C(=O)CN(C)C1=O)c1cc2ccccc2o1. The molecule has 0 saturated carbocycles. The van der Waals surface area contributed by atoms with E-state index in [1.165, 1.54) is 24.1 Å². The number of furan rings is 1. The summed E-state index contributed by atoms with van der Waals surface area (Å²) in [6.07, 6.45) is 0. The van der Waals surface area contributed by atoms with Crippen LogP contribution >= 0.6 is 0 Å². The monoisotopic (exact) mass is 449 g/mol. The number of nitrogens with one attached hydrogen (secondary N) is 2. The molecule has 33 heavy (non-hydrogen) atoms. The number of para-hydroxylation sites is 1. The third-order valence-electron chi connectivity index (χ3n) is 5.42. The van der Waals surface area contributed by atoms with Crippen molar-refractivity contribution in [1.82, 2.24) is 15.1 Å². The minimum atomic E-state index is -0.672. The molecule has 10 nitrogen and oxygen atoms in total. The predicted octanol–water partition coefficient (Wildman–Crippen LogP) is 2.81. The molecule has 0 unspecified atom stereocenters. The number of amides is 6. The van der Waals surface area contributed by atoms with Gasteiger partial charge in [0.25, 0.3) is 5.91 Å². The average molecular weight is 449 g/mol. The van der Waals surface area contributed by atoms with Gasteiger partial charge in [-0.05, 0) is 36.8 Å². The lowest BCUT2D eigenvalue weighted by Crippen LogP contribution is -2.33. The number of likely N-dealkylation sites (N-methyl/N-ethyl adjacent to an activating group) is 1. The van der Waals surface area contributed by atoms with Crippen LogP contribution in [0.2, 0.25) is 0 Å². The predicted molar refractivity (Wildman–Crippen MR) is 120 cm³/mol. The lowest BCUT2D eigenvalue weighted by molar-refractivity contribution is -0.125. The number of nitrogens with zero attached hydrogens (tertiary/aromatic N) is 2. The number of imide groups is 1. The fraction of sp³-hybridized carbons (Fsp3) is 0.217. The van der Waals surface area contributed by atoms with Crippen molar-refractivity contribution in [2.45, 2.75) is 19.5 Å². The lowest BCUT2D eigenvalue weighted by atomic mass is 10.1. The molecule has 0 spiro atoms. The molecule has 3 aromatic rings. The highest BCUT2D eigenvalue weighted by Crippen LogP contribution is 2.25. The van der Waals surface area contributed by atoms with Gasteiger partial charge in [-0.25, -0.2) is 9.59 Å². The number of carbonyl (C=O) groups is 4. The fourth-order valence-corrected chi connectivity index (χ4v) is 3.62. The van der Waals surface area contributed by atoms with Gasteiger partial charge in [-0.1, -0.05) is 24.3 Å². The van der Waals surface area contributed by atoms with Gasteiger partial charge < -0.3 is 25.7 Å². The Morgan fingerprint density at radius 2 is 1.91 bits per heavy atom. The first kappa shape index (κ1) is 21.9. The highest BCUT2D eigenvalue weighted by molar-refractivity contribution is 6.02. The summed E-state index contributed by atoms with van der Waals surface area (Å²) in [7, 11) is 1.53. The Labute approximate surface area is 189 Å². The summed E-state index contributed by atoms with van der Waals surface area (Å²) < 4.78 is 5.79. The molecule has 2 heterocycles. The van der Waals surface area contributed by atoms with Crippen molar-refractivity contribution >= 4 is 40.5 Å². The standard InChI is InChI=1S/C23H23N5O5/c1-13(19-10-14-5-3-4-6-18(14)33-19)25-22(31)26-17-9-15(21(24)30)7-8-16(17)11-28-20(29)12-27(2)23(28)32/h3-10,13H,11-12H2,1-2H3,(H2,24,30)(H2,25,26,31)/t13-/m0/s1. The molecule has 1 atom stereocenters. The minimum Gasteiger partial charge on any atom is -0.459 e. The summed E-state index contributed by atoms with van der Waals surface area (Å²) in [5.74, 6) is -0.446. The van der Waals surface area contributed by atoms with E-state index in [1.807, 2.05) is 30.3 Å². The third-order valence-corrected chi connectivity index (χ3v) is 5.42. The van der Waals surface area contributed by atoms with Gasteiger partial charge in [0.05, 0.1) is 12.6 Å². The van der Waals surface area contributed by atoms with Crippen molar-refractivity contribution < 1.29 is 23.6 Å². The lowest BCUT2D eigenvalue weighted by Gasteiger charge is -2.19. The Bertz CT molecular complexity index is 1230. The van der Waals surface area contributed by atoms with Crippen LogP contribution in [0.1, 0.15) is 34.6 Å². The maximum atomic E-state index is 12.7. The molecule has 2 aromatic carbocycles. The molecule has 1 aliphatic rings. The van der Waals surface area contributed by atoms with E-state index in [2.05, 4.69) is 10.6 Å². The molecule has 10 heteroatoms. The van der Waals surface area contributed by atoms with Crippen molar-refractivity contribution in [3.05, 3.63) is 65.4 Å². The van der Waals surface area contributed by atoms with Crippen LogP contribution in [0.25, 0.3) is 11.0 Å². The zero-order chi connectivity index (χ0) is 23.7. The van der Waals surface area contributed by atoms with Gasteiger partial charge in [0.1, 0.15) is 17.9 Å². The van der Waals surface area contributed by atoms with E-state index in [0.717, 1.165) is 10.3 Å². The molecule has 170 valence electrons. The molecule has 4 N–H and O–H groups in total. The van der Waals surface area contributed by atoms with E-state index < -0.39 is 24.0 Å². The number of nitrogens with two attached hydrogens (primary N) is 1. The number of fused-ring (bicyclic) bond motifs is 1. The third kappa shape index (κ3) is 4.49. The second kappa shape index (κ2) is 8.65. The molecule has 0 aliphatic carbocycles. The second-order valence-corrected chi connectivity index (χ2v) is 7.86. The summed E-state index contributed by atoms with van der Waals surface area (Å²) >= 11 is 0. The first-order chi connectivity index (χ1) is 15.7. The highest BCUT2D eigenvalue weighted by Gasteiger charge is 2.34. The number of rotatable bonds is 6. The van der Waals surface area contributed by atoms with Gasteiger partial charge in [0, 0.05) is 23.7 Å². The molecule has 1 aromatic heterocycles. The Kier molecular flexibility index (Phi) is 5.74. The van der Waals surface area contributed by atoms with Gasteiger partial charge in [-0.15, -0.1) is 0 Å². The van der Waals surface area contributed by atoms with Crippen molar-refractivity contribution in [1.29, 1.82) is 0 Å². The van der Waals surface area contributed by atoms with Crippen molar-refractivity contribution in [3.8, 4) is 0 Å². The molecule has 1 fully saturated rings. The van der Waals surface area contributed by atoms with Crippen LogP contribution in [0.15, 0.2) is 52.9 Å². The quantitative estimate of drug-likeness (QED) is 0.497. The molecular weight excluding hydrogens is 426 g/mol. The van der Waals surface area contributed by atoms with Crippen LogP contribution in [0.4, 0.5) is 15.3 Å². The van der Waals surface area contributed by atoms with E-state index in [1.54, 1.807) is 13.0 Å². The first-order valence-electron chi connectivity index (χ1n) is 10.3. The summed E-state index contributed by atoms with van der Waals surface area (Å²) in [6, 6.07) is 12.4. The van der Waals surface area contributed by atoms with E-state index in [0.29, 0.717) is 16.9 Å². The maximum absolute atomic E-state index is 12.7. The summed E-state index contributed by atoms with van der Waals surface area (Å²) in [4.78, 5) is 51.2. The Morgan fingerprint density at radius 1 is 1.15 bits per heavy atom. The second-order valence-electron chi connectivity index (χ2n) is 7.86. The van der Waals surface area contributed by atoms with Crippen LogP contribution in [-0.2, 0) is 11.3 Å². The zero-order valence-corrected chi connectivity index (χ0v) is 18.1. The van der Waals surface area contributed by atoms with Crippen LogP contribution in [0.5, 0.6) is 0 Å². The van der Waals surface area contributed by atoms with Crippen molar-refractivity contribution in [3.63, 3.8) is 0 Å². The first-order valence-corrected chi connectivity index (χ1v) is 10.3. The number of anilines is 1. The number of carbonyl (C=O) groups excluding carboxylic acids is 4. The summed E-state index contributed by atoms with van der Waals surface area (Å²) in [5, 5.41) is 6.40. The molecule has 1 saturated heterocycles. The van der Waals surface area contributed by atoms with Crippen LogP contribution < -0.4 is 16.4 Å². The molecule has 0 radical (unpaired) electrons. The van der Waals surface area contributed by atoms with Gasteiger partial charge in [-0.3, -0.25) is 14.5 Å². The smallest absolute Gasteiger partial charge is 0.327 e. The molecular formula is C23H23N5O5. The highest BCUT2D eigenvalue weighted by atomic mass is 16.3. The van der Waals surface area contributed by atoms with Crippen molar-refractivity contribution in [2.75, 3.05) is 18.9 Å². The van der Waals surface area contributed by atoms with E-state index in [4.69, 9.17) is 10.2 Å². The molecule has 6 amide bonds. The largest absolute Gasteiger partial charge is 0.459 e. The van der Waals surface area contributed by atoms with E-state index in [9.17, 15) is 19.2 Å². The van der Waals surface area contributed by atoms with Crippen molar-refractivity contribution in [2.24, 2.45) is 5.73 Å². The average Bonchev–Trinajstić information content (AvgIpc) is 3.31. The molecule has 4 rings (SSSR count). The number of hydrogen-bond donors (Lipinski definition) is 3. The maximum Gasteiger partial charge on any atom is 0.327 e. The Hall–Kier alpha value is -4.34. The fourth-order valence-electron chi connectivity index (χ4n) is 3.62. The number of urea groups is 2. The van der Waals surface area contributed by atoms with E-state index >= 15 is 0 Å². The number of primary amides is 1.